The van der Waals surface area contributed by atoms with Gasteiger partial charge in [-0.1, -0.05) is 81.4 Å². The van der Waals surface area contributed by atoms with Crippen molar-refractivity contribution in [3.05, 3.63) is 72.5 Å². The van der Waals surface area contributed by atoms with Gasteiger partial charge in [-0.15, -0.1) is 0 Å². The summed E-state index contributed by atoms with van der Waals surface area (Å²) in [6, 6.07) is 20.9. The number of aliphatic hydroxyl groups excluding tert-OH is 1. The van der Waals surface area contributed by atoms with Crippen LogP contribution in [0.4, 0.5) is 0 Å². The fraction of sp³-hybridized carbons (Fsp3) is 0.423. The van der Waals surface area contributed by atoms with E-state index in [1.807, 2.05) is 12.1 Å². The smallest absolute Gasteiger partial charge is 0.334 e. The number of hydrogen-bond acceptors (Lipinski definition) is 4. The first-order valence-corrected chi connectivity index (χ1v) is 13.2. The minimum atomic E-state index is -2.69. The second-order valence-corrected chi connectivity index (χ2v) is 14.2. The van der Waals surface area contributed by atoms with Gasteiger partial charge in [-0.3, -0.25) is 0 Å². The molecule has 1 heterocycles. The summed E-state index contributed by atoms with van der Waals surface area (Å²) in [5.74, 6) is -1.42. The van der Waals surface area contributed by atoms with Crippen molar-refractivity contribution < 1.29 is 24.2 Å². The predicted molar refractivity (Wildman–Crippen MR) is 126 cm³/mol. The van der Waals surface area contributed by atoms with Crippen molar-refractivity contribution in [2.45, 2.75) is 44.9 Å². The van der Waals surface area contributed by atoms with Gasteiger partial charge in [-0.2, -0.15) is 0 Å². The van der Waals surface area contributed by atoms with Gasteiger partial charge in [0.15, 0.2) is 6.29 Å². The summed E-state index contributed by atoms with van der Waals surface area (Å²) >= 11 is 0. The van der Waals surface area contributed by atoms with E-state index in [4.69, 9.17) is 9.16 Å². The average Bonchev–Trinajstić information content (AvgIpc) is 3.20. The van der Waals surface area contributed by atoms with Gasteiger partial charge < -0.3 is 19.4 Å². The number of hydrogen-bond donors (Lipinski definition) is 2. The van der Waals surface area contributed by atoms with Gasteiger partial charge in [0.05, 0.1) is 11.8 Å². The van der Waals surface area contributed by atoms with Crippen LogP contribution in [0.5, 0.6) is 0 Å². The van der Waals surface area contributed by atoms with Crippen LogP contribution >= 0.6 is 0 Å². The number of carboxylic acid groups (broad SMARTS) is 1. The van der Waals surface area contributed by atoms with Crippen molar-refractivity contribution in [1.29, 1.82) is 0 Å². The Hall–Kier alpha value is -2.41. The molecule has 2 aliphatic rings. The molecule has 0 spiro atoms. The van der Waals surface area contributed by atoms with Crippen LogP contribution in [0, 0.1) is 17.8 Å². The summed E-state index contributed by atoms with van der Waals surface area (Å²) in [4.78, 5) is 11.7. The van der Waals surface area contributed by atoms with Crippen LogP contribution in [0.25, 0.3) is 0 Å². The lowest BCUT2D eigenvalue weighted by Crippen LogP contribution is -2.67. The maximum Gasteiger partial charge on any atom is 0.334 e. The zero-order valence-corrected chi connectivity index (χ0v) is 19.9. The van der Waals surface area contributed by atoms with Crippen molar-refractivity contribution in [2.24, 2.45) is 17.8 Å². The van der Waals surface area contributed by atoms with Gasteiger partial charge in [0.1, 0.15) is 0 Å². The van der Waals surface area contributed by atoms with Gasteiger partial charge in [0.2, 0.25) is 0 Å². The summed E-state index contributed by atoms with van der Waals surface area (Å²) in [5.41, 5.74) is 0.258. The maximum atomic E-state index is 11.7. The molecule has 0 saturated heterocycles. The highest BCUT2D eigenvalue weighted by molar-refractivity contribution is 6.99. The Labute approximate surface area is 190 Å². The van der Waals surface area contributed by atoms with Crippen LogP contribution in [0.3, 0.4) is 0 Å². The zero-order valence-electron chi connectivity index (χ0n) is 18.9. The first-order chi connectivity index (χ1) is 15.3. The second-order valence-electron chi connectivity index (χ2n) is 9.90. The minimum Gasteiger partial charge on any atom is -0.478 e. The molecule has 3 unspecified atom stereocenters. The van der Waals surface area contributed by atoms with Crippen molar-refractivity contribution in [2.75, 3.05) is 6.61 Å². The van der Waals surface area contributed by atoms with E-state index >= 15 is 0 Å². The topological polar surface area (TPSA) is 76.0 Å². The second kappa shape index (κ2) is 8.85. The van der Waals surface area contributed by atoms with E-state index in [1.165, 1.54) is 16.6 Å². The van der Waals surface area contributed by atoms with Crippen molar-refractivity contribution in [3.63, 3.8) is 0 Å². The van der Waals surface area contributed by atoms with E-state index in [-0.39, 0.29) is 28.4 Å². The molecular weight excluding hydrogens is 420 g/mol. The number of aliphatic carboxylic acids is 1. The van der Waals surface area contributed by atoms with Crippen LogP contribution in [-0.4, -0.2) is 37.4 Å². The Morgan fingerprint density at radius 2 is 1.59 bits per heavy atom. The first kappa shape index (κ1) is 22.8. The highest BCUT2D eigenvalue weighted by Gasteiger charge is 2.52. The largest absolute Gasteiger partial charge is 0.478 e. The highest BCUT2D eigenvalue weighted by atomic mass is 28.4. The normalized spacial score (nSPS) is 25.6. The van der Waals surface area contributed by atoms with Gasteiger partial charge in [0.25, 0.3) is 8.32 Å². The molecule has 4 rings (SSSR count). The number of aliphatic hydroxyl groups is 1. The van der Waals surface area contributed by atoms with Crippen molar-refractivity contribution >= 4 is 24.7 Å². The molecule has 32 heavy (non-hydrogen) atoms. The Bertz CT molecular complexity index is 927. The maximum absolute atomic E-state index is 11.7. The molecule has 4 atom stereocenters. The van der Waals surface area contributed by atoms with Crippen LogP contribution in [0.1, 0.15) is 33.6 Å². The molecule has 1 aliphatic heterocycles. The molecule has 1 fully saturated rings. The van der Waals surface area contributed by atoms with Crippen LogP contribution in [0.15, 0.2) is 72.5 Å². The summed E-state index contributed by atoms with van der Waals surface area (Å²) in [6.07, 6.45) is 1.74. The van der Waals surface area contributed by atoms with Crippen LogP contribution in [0.2, 0.25) is 5.04 Å². The van der Waals surface area contributed by atoms with E-state index in [2.05, 4.69) is 69.3 Å². The monoisotopic (exact) mass is 452 g/mol. The summed E-state index contributed by atoms with van der Waals surface area (Å²) in [7, 11) is -2.69. The molecule has 0 bridgehead atoms. The van der Waals surface area contributed by atoms with Gasteiger partial charge >= 0.3 is 5.97 Å². The Morgan fingerprint density at radius 3 is 2.09 bits per heavy atom. The lowest BCUT2D eigenvalue weighted by Gasteiger charge is -2.44. The van der Waals surface area contributed by atoms with Gasteiger partial charge in [0, 0.05) is 18.4 Å². The van der Waals surface area contributed by atoms with E-state index in [9.17, 15) is 15.0 Å². The third-order valence-corrected chi connectivity index (χ3v) is 12.1. The summed E-state index contributed by atoms with van der Waals surface area (Å²) < 4.78 is 12.4. The Balaban J connectivity index is 1.69. The number of ether oxygens (including phenoxy) is 1. The Kier molecular flexibility index (Phi) is 6.30. The molecular formula is C26H32O5Si. The lowest BCUT2D eigenvalue weighted by atomic mass is 9.83. The molecule has 1 saturated carbocycles. The highest BCUT2D eigenvalue weighted by Crippen LogP contribution is 2.47. The minimum absolute atomic E-state index is 0.0275. The molecule has 2 N–H and O–H groups in total. The third-order valence-electron chi connectivity index (χ3n) is 7.10. The van der Waals surface area contributed by atoms with E-state index in [1.54, 1.807) is 0 Å². The quantitative estimate of drug-likeness (QED) is 0.656. The third kappa shape index (κ3) is 3.91. The number of fused-ring (bicyclic) bond motifs is 1. The molecule has 2 aromatic carbocycles. The predicted octanol–water partition coefficient (Wildman–Crippen LogP) is 3.52. The fourth-order valence-electron chi connectivity index (χ4n) is 5.62. The molecule has 0 aromatic heterocycles. The summed E-state index contributed by atoms with van der Waals surface area (Å²) in [5, 5.41) is 22.4. The van der Waals surface area contributed by atoms with Crippen molar-refractivity contribution in [1.82, 2.24) is 0 Å². The van der Waals surface area contributed by atoms with Gasteiger partial charge in [-0.25, -0.2) is 4.79 Å². The number of carbonyl (C=O) groups is 1. The molecule has 5 nitrogen and oxygen atoms in total. The molecule has 170 valence electrons. The number of benzene rings is 2. The van der Waals surface area contributed by atoms with E-state index < -0.39 is 20.6 Å². The Morgan fingerprint density at radius 1 is 1.03 bits per heavy atom. The molecule has 0 amide bonds. The van der Waals surface area contributed by atoms with E-state index in [0.29, 0.717) is 6.61 Å². The molecule has 1 aliphatic carbocycles. The number of carboxylic acids is 1. The summed E-state index contributed by atoms with van der Waals surface area (Å²) in [6.45, 7) is 7.17. The van der Waals surface area contributed by atoms with Gasteiger partial charge in [-0.05, 0) is 34.2 Å². The first-order valence-electron chi connectivity index (χ1n) is 11.3. The van der Waals surface area contributed by atoms with Crippen LogP contribution < -0.4 is 10.4 Å². The molecule has 2 aromatic rings. The molecule has 0 radical (unpaired) electrons. The SMILES string of the molecule is CC(C)(C)[Si](OCC1CCC2C(C(=O)O)=COC(O)[C@H]12)(c1ccccc1)c1ccccc1. The fourth-order valence-corrected chi connectivity index (χ4v) is 10.2. The standard InChI is InChI=1S/C26H32O5Si/c1-26(2,3)32(19-10-6-4-7-11-19,20-12-8-5-9-13-20)31-16-18-14-15-21-22(24(27)28)17-30-25(29)23(18)21/h4-13,17-18,21,23,25,29H,14-16H2,1-3H3,(H,27,28)/t18?,21?,23-,25?/m1/s1. The number of rotatable bonds is 6. The molecule has 6 heteroatoms. The van der Waals surface area contributed by atoms with Crippen LogP contribution in [-0.2, 0) is 14.0 Å². The lowest BCUT2D eigenvalue weighted by molar-refractivity contribution is -0.143. The zero-order chi connectivity index (χ0) is 22.9. The van der Waals surface area contributed by atoms with E-state index in [0.717, 1.165) is 12.8 Å². The van der Waals surface area contributed by atoms with Crippen molar-refractivity contribution in [3.8, 4) is 0 Å². The average molecular weight is 453 g/mol.